The third-order valence-electron chi connectivity index (χ3n) is 4.50. The van der Waals surface area contributed by atoms with E-state index in [-0.39, 0.29) is 23.4 Å². The summed E-state index contributed by atoms with van der Waals surface area (Å²) in [5.41, 5.74) is 1.96. The first-order valence-electron chi connectivity index (χ1n) is 8.84. The number of non-ortho nitro benzene ring substituents is 1. The Bertz CT molecular complexity index is 900. The summed E-state index contributed by atoms with van der Waals surface area (Å²) in [7, 11) is 0. The monoisotopic (exact) mass is 400 g/mol. The van der Waals surface area contributed by atoms with Crippen molar-refractivity contribution >= 4 is 35.0 Å². The molecule has 1 amide bonds. The largest absolute Gasteiger partial charge is 0.452 e. The highest BCUT2D eigenvalue weighted by Gasteiger charge is 2.34. The summed E-state index contributed by atoms with van der Waals surface area (Å²) < 4.78 is 5.31. The lowest BCUT2D eigenvalue weighted by Crippen LogP contribution is -2.43. The van der Waals surface area contributed by atoms with Crippen molar-refractivity contribution in [1.29, 1.82) is 0 Å². The molecule has 1 aliphatic heterocycles. The summed E-state index contributed by atoms with van der Waals surface area (Å²) in [6.45, 7) is 3.54. The van der Waals surface area contributed by atoms with Crippen LogP contribution in [0.5, 0.6) is 0 Å². The van der Waals surface area contributed by atoms with Crippen molar-refractivity contribution in [2.75, 3.05) is 10.7 Å². The summed E-state index contributed by atoms with van der Waals surface area (Å²) in [4.78, 5) is 37.5. The minimum atomic E-state index is -0.890. The Kier molecular flexibility index (Phi) is 5.99. The number of hydrogen-bond acceptors (Lipinski definition) is 6. The van der Waals surface area contributed by atoms with Crippen LogP contribution in [0.25, 0.3) is 0 Å². The lowest BCUT2D eigenvalue weighted by atomic mass is 10.1. The number of carbonyl (C=O) groups excluding carboxylic acids is 2. The van der Waals surface area contributed by atoms with Gasteiger partial charge < -0.3 is 9.64 Å². The average Bonchev–Trinajstić information content (AvgIpc) is 3.01. The molecule has 0 saturated carbocycles. The minimum absolute atomic E-state index is 0.00819. The van der Waals surface area contributed by atoms with Crippen LogP contribution in [-0.4, -0.2) is 34.7 Å². The first kappa shape index (κ1) is 19.9. The van der Waals surface area contributed by atoms with Crippen molar-refractivity contribution in [3.8, 4) is 0 Å². The van der Waals surface area contributed by atoms with Crippen LogP contribution >= 0.6 is 11.8 Å². The third kappa shape index (κ3) is 4.33. The van der Waals surface area contributed by atoms with E-state index < -0.39 is 17.0 Å². The van der Waals surface area contributed by atoms with E-state index in [1.807, 2.05) is 31.2 Å². The molecule has 146 valence electrons. The lowest BCUT2D eigenvalue weighted by molar-refractivity contribution is -0.384. The van der Waals surface area contributed by atoms with Crippen molar-refractivity contribution in [2.24, 2.45) is 0 Å². The number of para-hydroxylation sites is 1. The van der Waals surface area contributed by atoms with Crippen LogP contribution in [-0.2, 0) is 20.7 Å². The topological polar surface area (TPSA) is 89.7 Å². The number of fused-ring (bicyclic) bond motifs is 1. The van der Waals surface area contributed by atoms with Crippen LogP contribution in [0.2, 0.25) is 0 Å². The fourth-order valence-corrected chi connectivity index (χ4v) is 3.87. The Morgan fingerprint density at radius 2 is 1.93 bits per heavy atom. The molecule has 0 unspecified atom stereocenters. The maximum atomic E-state index is 12.8. The van der Waals surface area contributed by atoms with Gasteiger partial charge in [0.1, 0.15) is 0 Å². The molecule has 0 spiro atoms. The van der Waals surface area contributed by atoms with Gasteiger partial charge in [0.05, 0.1) is 10.7 Å². The first-order chi connectivity index (χ1) is 13.4. The molecule has 0 bridgehead atoms. The zero-order valence-electron chi connectivity index (χ0n) is 15.5. The van der Waals surface area contributed by atoms with Crippen molar-refractivity contribution in [3.05, 3.63) is 64.2 Å². The van der Waals surface area contributed by atoms with Gasteiger partial charge in [0, 0.05) is 28.8 Å². The van der Waals surface area contributed by atoms with E-state index in [9.17, 15) is 19.7 Å². The van der Waals surface area contributed by atoms with E-state index >= 15 is 0 Å². The molecule has 2 aromatic carbocycles. The molecule has 1 aliphatic rings. The molecule has 3 rings (SSSR count). The van der Waals surface area contributed by atoms with E-state index in [1.54, 1.807) is 24.0 Å². The van der Waals surface area contributed by atoms with Gasteiger partial charge in [-0.05, 0) is 44.0 Å². The maximum absolute atomic E-state index is 12.8. The smallest absolute Gasteiger partial charge is 0.317 e. The van der Waals surface area contributed by atoms with E-state index in [2.05, 4.69) is 0 Å². The molecule has 0 aromatic heterocycles. The van der Waals surface area contributed by atoms with Gasteiger partial charge >= 0.3 is 5.97 Å². The fourth-order valence-electron chi connectivity index (χ4n) is 3.19. The zero-order valence-corrected chi connectivity index (χ0v) is 16.3. The first-order valence-corrected chi connectivity index (χ1v) is 9.83. The molecule has 0 radical (unpaired) electrons. The number of anilines is 1. The minimum Gasteiger partial charge on any atom is -0.452 e. The molecule has 1 heterocycles. The van der Waals surface area contributed by atoms with E-state index in [1.165, 1.54) is 23.9 Å². The summed E-state index contributed by atoms with van der Waals surface area (Å²) in [5, 5.41) is 10.7. The summed E-state index contributed by atoms with van der Waals surface area (Å²) in [6, 6.07) is 13.7. The van der Waals surface area contributed by atoms with Crippen molar-refractivity contribution in [1.82, 2.24) is 0 Å². The molecule has 2 atom stereocenters. The Morgan fingerprint density at radius 3 is 2.61 bits per heavy atom. The number of amides is 1. The predicted molar refractivity (Wildman–Crippen MR) is 106 cm³/mol. The number of esters is 1. The summed E-state index contributed by atoms with van der Waals surface area (Å²) in [6.07, 6.45) is -0.114. The second-order valence-corrected chi connectivity index (χ2v) is 7.61. The van der Waals surface area contributed by atoms with Gasteiger partial charge in [0.2, 0.25) is 0 Å². The van der Waals surface area contributed by atoms with Crippen LogP contribution in [0.15, 0.2) is 53.4 Å². The standard InChI is InChI=1S/C20H20N2O5S/c1-13-11-15-5-3-4-6-18(15)21(13)20(24)14(2)27-19(23)12-28-17-9-7-16(8-10-17)22(25)26/h3-10,13-14H,11-12H2,1-2H3/t13-,14+/m0/s1. The van der Waals surface area contributed by atoms with Crippen molar-refractivity contribution in [3.63, 3.8) is 0 Å². The van der Waals surface area contributed by atoms with Gasteiger partial charge in [-0.1, -0.05) is 18.2 Å². The highest BCUT2D eigenvalue weighted by Crippen LogP contribution is 2.32. The molecule has 8 heteroatoms. The van der Waals surface area contributed by atoms with Crippen molar-refractivity contribution in [2.45, 2.75) is 37.3 Å². The normalized spacial score (nSPS) is 16.4. The van der Waals surface area contributed by atoms with Gasteiger partial charge in [-0.3, -0.25) is 19.7 Å². The van der Waals surface area contributed by atoms with Crippen LogP contribution in [0, 0.1) is 10.1 Å². The van der Waals surface area contributed by atoms with Crippen LogP contribution in [0.4, 0.5) is 11.4 Å². The molecule has 0 saturated heterocycles. The number of benzene rings is 2. The quantitative estimate of drug-likeness (QED) is 0.319. The molecule has 0 N–H and O–H groups in total. The number of nitro benzene ring substituents is 1. The molecule has 7 nitrogen and oxygen atoms in total. The lowest BCUT2D eigenvalue weighted by Gasteiger charge is -2.25. The number of nitro groups is 1. The Hall–Kier alpha value is -2.87. The van der Waals surface area contributed by atoms with Gasteiger partial charge in [0.15, 0.2) is 6.10 Å². The number of nitrogens with zero attached hydrogens (tertiary/aromatic N) is 2. The molecular weight excluding hydrogens is 380 g/mol. The third-order valence-corrected chi connectivity index (χ3v) is 5.49. The van der Waals surface area contributed by atoms with E-state index in [0.717, 1.165) is 17.7 Å². The van der Waals surface area contributed by atoms with E-state index in [4.69, 9.17) is 4.74 Å². The van der Waals surface area contributed by atoms with Gasteiger partial charge in [-0.25, -0.2) is 0 Å². The molecule has 0 aliphatic carbocycles. The van der Waals surface area contributed by atoms with Crippen molar-refractivity contribution < 1.29 is 19.2 Å². The highest BCUT2D eigenvalue weighted by atomic mass is 32.2. The Morgan fingerprint density at radius 1 is 1.25 bits per heavy atom. The predicted octanol–water partition coefficient (Wildman–Crippen LogP) is 3.60. The maximum Gasteiger partial charge on any atom is 0.317 e. The van der Waals surface area contributed by atoms with Gasteiger partial charge in [-0.15, -0.1) is 11.8 Å². The van der Waals surface area contributed by atoms with Crippen LogP contribution in [0.1, 0.15) is 19.4 Å². The summed E-state index contributed by atoms with van der Waals surface area (Å²) in [5.74, 6) is -0.739. The number of rotatable bonds is 6. The Labute approximate surface area is 166 Å². The molecule has 0 fully saturated rings. The van der Waals surface area contributed by atoms with Gasteiger partial charge in [-0.2, -0.15) is 0 Å². The molecular formula is C20H20N2O5S. The number of hydrogen-bond donors (Lipinski definition) is 0. The SMILES string of the molecule is C[C@@H](OC(=O)CSc1ccc([N+](=O)[O-])cc1)C(=O)N1c2ccccc2C[C@@H]1C. The van der Waals surface area contributed by atoms with Crippen LogP contribution < -0.4 is 4.90 Å². The molecule has 2 aromatic rings. The number of thioether (sulfide) groups is 1. The van der Waals surface area contributed by atoms with E-state index in [0.29, 0.717) is 4.90 Å². The second-order valence-electron chi connectivity index (χ2n) is 6.56. The Balaban J connectivity index is 1.55. The highest BCUT2D eigenvalue weighted by molar-refractivity contribution is 8.00. The van der Waals surface area contributed by atoms with Crippen LogP contribution in [0.3, 0.4) is 0 Å². The zero-order chi connectivity index (χ0) is 20.3. The van der Waals surface area contributed by atoms with Gasteiger partial charge in [0.25, 0.3) is 11.6 Å². The molecule has 28 heavy (non-hydrogen) atoms. The average molecular weight is 400 g/mol. The summed E-state index contributed by atoms with van der Waals surface area (Å²) >= 11 is 1.20. The number of ether oxygens (including phenoxy) is 1. The second kappa shape index (κ2) is 8.43. The fraction of sp³-hybridized carbons (Fsp3) is 0.300. The number of carbonyl (C=O) groups is 2.